The molecule has 0 saturated heterocycles. The van der Waals surface area contributed by atoms with E-state index in [-0.39, 0.29) is 0 Å². The average molecular weight is 190 g/mol. The Morgan fingerprint density at radius 1 is 1.33 bits per heavy atom. The van der Waals surface area contributed by atoms with Gasteiger partial charge in [-0.2, -0.15) is 0 Å². The summed E-state index contributed by atoms with van der Waals surface area (Å²) in [5.41, 5.74) is -0.607. The molecule has 0 saturated carbocycles. The molecular weight excluding hydrogens is 176 g/mol. The summed E-state index contributed by atoms with van der Waals surface area (Å²) < 4.78 is 4.54. The van der Waals surface area contributed by atoms with Crippen LogP contribution in [-0.4, -0.2) is 17.0 Å². The number of esters is 1. The zero-order valence-electron chi connectivity index (χ0n) is 7.84. The molecule has 0 aromatic heterocycles. The Morgan fingerprint density at radius 2 is 1.83 bits per heavy atom. The summed E-state index contributed by atoms with van der Waals surface area (Å²) in [7, 11) is 0. The third kappa shape index (κ3) is 4.38. The van der Waals surface area contributed by atoms with E-state index in [9.17, 15) is 9.59 Å². The summed E-state index contributed by atoms with van der Waals surface area (Å²) in [6.45, 7) is 6.95. The second-order valence-electron chi connectivity index (χ2n) is 3.32. The number of hydrogen-bond acceptors (Lipinski definition) is 4. The maximum atomic E-state index is 11.1. The van der Waals surface area contributed by atoms with Gasteiger partial charge in [-0.3, -0.25) is 4.79 Å². The predicted octanol–water partition coefficient (Wildman–Crippen LogP) is 2.45. The van der Waals surface area contributed by atoms with Crippen LogP contribution in [0.3, 0.4) is 0 Å². The molecule has 0 fully saturated rings. The highest BCUT2D eigenvalue weighted by Crippen LogP contribution is 2.17. The molecule has 0 atom stereocenters. The van der Waals surface area contributed by atoms with Crippen LogP contribution in [0.25, 0.3) is 0 Å². The zero-order chi connectivity index (χ0) is 9.78. The molecule has 4 heteroatoms. The standard InChI is InChI=1S/C8H14O3S/c1-5-12-7(10)11-6(9)8(2,3)4/h5H2,1-4H3. The fourth-order valence-corrected chi connectivity index (χ4v) is 0.746. The average Bonchev–Trinajstić information content (AvgIpc) is 1.85. The number of rotatable bonds is 1. The summed E-state index contributed by atoms with van der Waals surface area (Å²) in [6.07, 6.45) is 0. The number of ether oxygens (including phenoxy) is 1. The van der Waals surface area contributed by atoms with Crippen LogP contribution in [0, 0.1) is 5.41 Å². The van der Waals surface area contributed by atoms with Gasteiger partial charge in [0.15, 0.2) is 0 Å². The van der Waals surface area contributed by atoms with Crippen molar-refractivity contribution in [1.82, 2.24) is 0 Å². The zero-order valence-corrected chi connectivity index (χ0v) is 8.66. The molecule has 0 aliphatic carbocycles. The maximum absolute atomic E-state index is 11.1. The summed E-state index contributed by atoms with van der Waals surface area (Å²) in [5, 5.41) is -0.516. The van der Waals surface area contributed by atoms with Crippen LogP contribution < -0.4 is 0 Å². The van der Waals surface area contributed by atoms with Crippen LogP contribution in [0.15, 0.2) is 0 Å². The van der Waals surface area contributed by atoms with Crippen LogP contribution in [0.5, 0.6) is 0 Å². The van der Waals surface area contributed by atoms with Crippen LogP contribution in [0.1, 0.15) is 27.7 Å². The lowest BCUT2D eigenvalue weighted by Crippen LogP contribution is -2.24. The molecule has 0 aromatic rings. The van der Waals surface area contributed by atoms with Gasteiger partial charge in [0.25, 0.3) is 0 Å². The SMILES string of the molecule is CCSC(=O)OC(=O)C(C)(C)C. The fourth-order valence-electron chi connectivity index (χ4n) is 0.376. The summed E-state index contributed by atoms with van der Waals surface area (Å²) in [6, 6.07) is 0. The van der Waals surface area contributed by atoms with Crippen molar-refractivity contribution in [3.63, 3.8) is 0 Å². The number of thioether (sulfide) groups is 1. The van der Waals surface area contributed by atoms with Crippen LogP contribution in [-0.2, 0) is 9.53 Å². The Labute approximate surface area is 76.9 Å². The van der Waals surface area contributed by atoms with Crippen molar-refractivity contribution in [2.45, 2.75) is 27.7 Å². The van der Waals surface area contributed by atoms with Gasteiger partial charge in [-0.25, -0.2) is 4.79 Å². The van der Waals surface area contributed by atoms with Gasteiger partial charge in [-0.15, -0.1) is 0 Å². The molecule has 0 heterocycles. The van der Waals surface area contributed by atoms with E-state index in [0.29, 0.717) is 5.75 Å². The molecular formula is C8H14O3S. The minimum Gasteiger partial charge on any atom is -0.384 e. The molecule has 0 spiro atoms. The Bertz CT molecular complexity index is 181. The Hall–Kier alpha value is -0.510. The first-order valence-electron chi connectivity index (χ1n) is 3.77. The molecule has 0 radical (unpaired) electrons. The topological polar surface area (TPSA) is 43.4 Å². The van der Waals surface area contributed by atoms with Crippen LogP contribution in [0.2, 0.25) is 0 Å². The van der Waals surface area contributed by atoms with Gasteiger partial charge >= 0.3 is 11.3 Å². The van der Waals surface area contributed by atoms with E-state index in [0.717, 1.165) is 11.8 Å². The van der Waals surface area contributed by atoms with Crippen LogP contribution in [0.4, 0.5) is 4.79 Å². The first-order chi connectivity index (χ1) is 5.38. The third-order valence-electron chi connectivity index (χ3n) is 1.05. The van der Waals surface area contributed by atoms with Crippen molar-refractivity contribution in [3.8, 4) is 0 Å². The first-order valence-corrected chi connectivity index (χ1v) is 4.75. The first kappa shape index (κ1) is 11.5. The second kappa shape index (κ2) is 4.50. The molecule has 0 aliphatic heterocycles. The summed E-state index contributed by atoms with van der Waals surface area (Å²) in [5.74, 6) is 0.143. The quantitative estimate of drug-likeness (QED) is 0.470. The highest BCUT2D eigenvalue weighted by atomic mass is 32.2. The Balaban J connectivity index is 3.94. The van der Waals surface area contributed by atoms with E-state index in [1.165, 1.54) is 0 Å². The highest BCUT2D eigenvalue weighted by Gasteiger charge is 2.25. The van der Waals surface area contributed by atoms with Crippen molar-refractivity contribution in [2.75, 3.05) is 5.75 Å². The molecule has 3 nitrogen and oxygen atoms in total. The molecule has 0 unspecified atom stereocenters. The van der Waals surface area contributed by atoms with Crippen molar-refractivity contribution in [2.24, 2.45) is 5.41 Å². The normalized spacial score (nSPS) is 11.0. The lowest BCUT2D eigenvalue weighted by molar-refractivity contribution is -0.145. The van der Waals surface area contributed by atoms with Gasteiger partial charge in [0.1, 0.15) is 0 Å². The molecule has 0 aliphatic rings. The van der Waals surface area contributed by atoms with Gasteiger partial charge in [-0.05, 0) is 32.5 Å². The smallest absolute Gasteiger partial charge is 0.374 e. The van der Waals surface area contributed by atoms with Crippen molar-refractivity contribution >= 4 is 23.0 Å². The maximum Gasteiger partial charge on any atom is 0.374 e. The monoisotopic (exact) mass is 190 g/mol. The molecule has 0 rings (SSSR count). The second-order valence-corrected chi connectivity index (χ2v) is 4.52. The van der Waals surface area contributed by atoms with E-state index in [1.54, 1.807) is 20.8 Å². The molecule has 12 heavy (non-hydrogen) atoms. The van der Waals surface area contributed by atoms with E-state index in [1.807, 2.05) is 6.92 Å². The Morgan fingerprint density at radius 3 is 2.17 bits per heavy atom. The third-order valence-corrected chi connectivity index (χ3v) is 1.66. The minimum absolute atomic E-state index is 0.478. The van der Waals surface area contributed by atoms with Crippen molar-refractivity contribution in [1.29, 1.82) is 0 Å². The van der Waals surface area contributed by atoms with Gasteiger partial charge in [0.2, 0.25) is 0 Å². The molecule has 0 aromatic carbocycles. The number of hydrogen-bond donors (Lipinski definition) is 0. The van der Waals surface area contributed by atoms with E-state index in [4.69, 9.17) is 0 Å². The molecule has 0 N–H and O–H groups in total. The van der Waals surface area contributed by atoms with Gasteiger partial charge < -0.3 is 4.74 Å². The van der Waals surface area contributed by atoms with Crippen molar-refractivity contribution < 1.29 is 14.3 Å². The highest BCUT2D eigenvalue weighted by molar-refractivity contribution is 8.13. The van der Waals surface area contributed by atoms with E-state index in [2.05, 4.69) is 4.74 Å². The number of carbonyl (C=O) groups is 2. The van der Waals surface area contributed by atoms with Gasteiger partial charge in [0.05, 0.1) is 5.41 Å². The van der Waals surface area contributed by atoms with E-state index < -0.39 is 16.7 Å². The molecule has 0 bridgehead atoms. The fraction of sp³-hybridized carbons (Fsp3) is 0.750. The molecule has 0 amide bonds. The number of carbonyl (C=O) groups excluding carboxylic acids is 2. The Kier molecular flexibility index (Phi) is 4.31. The lowest BCUT2D eigenvalue weighted by atomic mass is 9.98. The van der Waals surface area contributed by atoms with Crippen molar-refractivity contribution in [3.05, 3.63) is 0 Å². The van der Waals surface area contributed by atoms with Gasteiger partial charge in [-0.1, -0.05) is 6.92 Å². The minimum atomic E-state index is -0.607. The predicted molar refractivity (Wildman–Crippen MR) is 49.1 cm³/mol. The van der Waals surface area contributed by atoms with E-state index >= 15 is 0 Å². The van der Waals surface area contributed by atoms with Gasteiger partial charge in [0, 0.05) is 5.75 Å². The van der Waals surface area contributed by atoms with Crippen LogP contribution >= 0.6 is 11.8 Å². The largest absolute Gasteiger partial charge is 0.384 e. The summed E-state index contributed by atoms with van der Waals surface area (Å²) in [4.78, 5) is 21.9. The summed E-state index contributed by atoms with van der Waals surface area (Å²) >= 11 is 0.994. The molecule has 70 valence electrons. The lowest BCUT2D eigenvalue weighted by Gasteiger charge is -2.14.